The Bertz CT molecular complexity index is 516. The van der Waals surface area contributed by atoms with Crippen molar-refractivity contribution in [2.24, 2.45) is 0 Å². The number of aromatic nitrogens is 1. The standard InChI is InChI=1S/C12H8Cl2FNO/c13-11-5-4-9(6-16-11)17-7-8-2-1-3-10(15)12(8)14/h1-6H,7H2. The molecule has 1 aromatic heterocycles. The van der Waals surface area contributed by atoms with Gasteiger partial charge in [0.05, 0.1) is 11.2 Å². The molecule has 1 aromatic carbocycles. The van der Waals surface area contributed by atoms with Gasteiger partial charge in [0, 0.05) is 5.56 Å². The number of nitrogens with zero attached hydrogens (tertiary/aromatic N) is 1. The smallest absolute Gasteiger partial charge is 0.142 e. The van der Waals surface area contributed by atoms with Crippen LogP contribution in [-0.4, -0.2) is 4.98 Å². The molecule has 5 heteroatoms. The Kier molecular flexibility index (Phi) is 3.82. The maximum atomic E-state index is 13.1. The van der Waals surface area contributed by atoms with Gasteiger partial charge in [0.1, 0.15) is 23.3 Å². The summed E-state index contributed by atoms with van der Waals surface area (Å²) in [6.07, 6.45) is 1.50. The van der Waals surface area contributed by atoms with Gasteiger partial charge in [0.15, 0.2) is 0 Å². The van der Waals surface area contributed by atoms with E-state index in [0.717, 1.165) is 0 Å². The molecule has 0 aliphatic rings. The van der Waals surface area contributed by atoms with Crippen LogP contribution in [0.4, 0.5) is 4.39 Å². The zero-order valence-electron chi connectivity index (χ0n) is 8.66. The SMILES string of the molecule is Fc1cccc(COc2ccc(Cl)nc2)c1Cl. The summed E-state index contributed by atoms with van der Waals surface area (Å²) in [7, 11) is 0. The van der Waals surface area contributed by atoms with Crippen LogP contribution < -0.4 is 4.74 Å². The number of hydrogen-bond donors (Lipinski definition) is 0. The number of halogens is 3. The van der Waals surface area contributed by atoms with Crippen LogP contribution >= 0.6 is 23.2 Å². The van der Waals surface area contributed by atoms with Crippen LogP contribution in [-0.2, 0) is 6.61 Å². The molecule has 0 amide bonds. The molecule has 0 bridgehead atoms. The largest absolute Gasteiger partial charge is 0.487 e. The summed E-state index contributed by atoms with van der Waals surface area (Å²) in [5, 5.41) is 0.468. The minimum absolute atomic E-state index is 0.0782. The zero-order chi connectivity index (χ0) is 12.3. The van der Waals surface area contributed by atoms with Crippen molar-refractivity contribution in [2.75, 3.05) is 0 Å². The predicted molar refractivity (Wildman–Crippen MR) is 65.0 cm³/mol. The fourth-order valence-electron chi connectivity index (χ4n) is 1.27. The lowest BCUT2D eigenvalue weighted by molar-refractivity contribution is 0.304. The van der Waals surface area contributed by atoms with Gasteiger partial charge in [-0.05, 0) is 18.2 Å². The molecule has 0 spiro atoms. The number of rotatable bonds is 3. The van der Waals surface area contributed by atoms with Crippen molar-refractivity contribution in [1.29, 1.82) is 0 Å². The first-order chi connectivity index (χ1) is 8.16. The molecule has 2 rings (SSSR count). The summed E-state index contributed by atoms with van der Waals surface area (Å²) in [5.41, 5.74) is 0.585. The van der Waals surface area contributed by atoms with Gasteiger partial charge in [-0.15, -0.1) is 0 Å². The summed E-state index contributed by atoms with van der Waals surface area (Å²) in [6.45, 7) is 0.180. The Labute approximate surface area is 108 Å². The molecule has 0 aliphatic carbocycles. The topological polar surface area (TPSA) is 22.1 Å². The van der Waals surface area contributed by atoms with Gasteiger partial charge >= 0.3 is 0 Å². The van der Waals surface area contributed by atoms with Crippen molar-refractivity contribution in [3.05, 3.63) is 58.1 Å². The molecule has 17 heavy (non-hydrogen) atoms. The quantitative estimate of drug-likeness (QED) is 0.784. The molecule has 0 aliphatic heterocycles. The minimum Gasteiger partial charge on any atom is -0.487 e. The second-order valence-corrected chi connectivity index (χ2v) is 4.08. The van der Waals surface area contributed by atoms with Gasteiger partial charge in [-0.2, -0.15) is 0 Å². The Hall–Kier alpha value is -1.32. The molecule has 0 atom stereocenters. The summed E-state index contributed by atoms with van der Waals surface area (Å²) >= 11 is 11.4. The fraction of sp³-hybridized carbons (Fsp3) is 0.0833. The lowest BCUT2D eigenvalue weighted by atomic mass is 10.2. The van der Waals surface area contributed by atoms with Crippen LogP contribution in [0.5, 0.6) is 5.75 Å². The van der Waals surface area contributed by atoms with E-state index in [1.165, 1.54) is 12.3 Å². The first kappa shape index (κ1) is 12.1. The molecular weight excluding hydrogens is 264 g/mol. The Morgan fingerprint density at radius 1 is 1.18 bits per heavy atom. The van der Waals surface area contributed by atoms with Crippen molar-refractivity contribution in [3.63, 3.8) is 0 Å². The number of hydrogen-bond acceptors (Lipinski definition) is 2. The molecule has 2 nitrogen and oxygen atoms in total. The number of ether oxygens (including phenoxy) is 1. The second-order valence-electron chi connectivity index (χ2n) is 3.32. The highest BCUT2D eigenvalue weighted by Gasteiger charge is 2.06. The molecular formula is C12H8Cl2FNO. The van der Waals surface area contributed by atoms with Gasteiger partial charge < -0.3 is 4.74 Å². The van der Waals surface area contributed by atoms with Crippen molar-refractivity contribution in [2.45, 2.75) is 6.61 Å². The third-order valence-corrected chi connectivity index (χ3v) is 2.77. The maximum Gasteiger partial charge on any atom is 0.142 e. The van der Waals surface area contributed by atoms with Crippen molar-refractivity contribution in [1.82, 2.24) is 4.98 Å². The summed E-state index contributed by atoms with van der Waals surface area (Å²) < 4.78 is 18.6. The highest BCUT2D eigenvalue weighted by atomic mass is 35.5. The molecule has 1 heterocycles. The van der Waals surface area contributed by atoms with E-state index in [1.54, 1.807) is 24.3 Å². The predicted octanol–water partition coefficient (Wildman–Crippen LogP) is 4.11. The maximum absolute atomic E-state index is 13.1. The lowest BCUT2D eigenvalue weighted by Gasteiger charge is -2.07. The van der Waals surface area contributed by atoms with E-state index in [2.05, 4.69) is 4.98 Å². The van der Waals surface area contributed by atoms with Crippen LogP contribution in [0, 0.1) is 5.82 Å². The molecule has 0 unspecified atom stereocenters. The third-order valence-electron chi connectivity index (χ3n) is 2.13. The van der Waals surface area contributed by atoms with Crippen molar-refractivity contribution < 1.29 is 9.13 Å². The average molecular weight is 272 g/mol. The van der Waals surface area contributed by atoms with Gasteiger partial charge in [-0.1, -0.05) is 35.3 Å². The van der Waals surface area contributed by atoms with Gasteiger partial charge in [-0.3, -0.25) is 0 Å². The highest BCUT2D eigenvalue weighted by molar-refractivity contribution is 6.31. The van der Waals surface area contributed by atoms with Crippen LogP contribution in [0.1, 0.15) is 5.56 Å². The Morgan fingerprint density at radius 2 is 2.00 bits per heavy atom. The van der Waals surface area contributed by atoms with Gasteiger partial charge in [0.2, 0.25) is 0 Å². The monoisotopic (exact) mass is 271 g/mol. The molecule has 0 saturated heterocycles. The van der Waals surface area contributed by atoms with Crippen LogP contribution in [0.15, 0.2) is 36.5 Å². The number of pyridine rings is 1. The average Bonchev–Trinajstić information content (AvgIpc) is 2.33. The van der Waals surface area contributed by atoms with Gasteiger partial charge in [-0.25, -0.2) is 9.37 Å². The Balaban J connectivity index is 2.07. The summed E-state index contributed by atoms with van der Waals surface area (Å²) in [4.78, 5) is 3.86. The van der Waals surface area contributed by atoms with E-state index >= 15 is 0 Å². The highest BCUT2D eigenvalue weighted by Crippen LogP contribution is 2.21. The zero-order valence-corrected chi connectivity index (χ0v) is 10.2. The van der Waals surface area contributed by atoms with Crippen LogP contribution in [0.3, 0.4) is 0 Å². The molecule has 2 aromatic rings. The summed E-state index contributed by atoms with van der Waals surface area (Å²) in [6, 6.07) is 7.89. The second kappa shape index (κ2) is 5.34. The van der Waals surface area contributed by atoms with E-state index in [1.807, 2.05) is 0 Å². The normalized spacial score (nSPS) is 10.3. The summed E-state index contributed by atoms with van der Waals surface area (Å²) in [5.74, 6) is 0.0942. The van der Waals surface area contributed by atoms with Crippen molar-refractivity contribution >= 4 is 23.2 Å². The van der Waals surface area contributed by atoms with E-state index in [0.29, 0.717) is 16.5 Å². The third kappa shape index (κ3) is 3.08. The lowest BCUT2D eigenvalue weighted by Crippen LogP contribution is -1.97. The van der Waals surface area contributed by atoms with Crippen LogP contribution in [0.2, 0.25) is 10.2 Å². The van der Waals surface area contributed by atoms with E-state index in [-0.39, 0.29) is 11.6 Å². The number of benzene rings is 1. The molecule has 88 valence electrons. The molecule has 0 radical (unpaired) electrons. The first-order valence-electron chi connectivity index (χ1n) is 4.84. The van der Waals surface area contributed by atoms with E-state index in [9.17, 15) is 4.39 Å². The Morgan fingerprint density at radius 3 is 2.71 bits per heavy atom. The fourth-order valence-corrected chi connectivity index (χ4v) is 1.56. The first-order valence-corrected chi connectivity index (χ1v) is 5.59. The molecule has 0 fully saturated rings. The van der Waals surface area contributed by atoms with E-state index < -0.39 is 5.82 Å². The van der Waals surface area contributed by atoms with Crippen LogP contribution in [0.25, 0.3) is 0 Å². The molecule has 0 saturated carbocycles. The van der Waals surface area contributed by atoms with Gasteiger partial charge in [0.25, 0.3) is 0 Å². The van der Waals surface area contributed by atoms with E-state index in [4.69, 9.17) is 27.9 Å². The minimum atomic E-state index is -0.456. The van der Waals surface area contributed by atoms with Crippen molar-refractivity contribution in [3.8, 4) is 5.75 Å². The molecule has 0 N–H and O–H groups in total.